The number of carbonyl (C=O) groups is 2. The molecule has 0 aliphatic carbocycles. The van der Waals surface area contributed by atoms with E-state index in [0.29, 0.717) is 35.9 Å². The highest BCUT2D eigenvalue weighted by Gasteiger charge is 2.23. The zero-order valence-electron chi connectivity index (χ0n) is 19.5. The Morgan fingerprint density at radius 1 is 1.28 bits per heavy atom. The fourth-order valence-corrected chi connectivity index (χ4v) is 3.69. The number of amides is 2. The van der Waals surface area contributed by atoms with Gasteiger partial charge < -0.3 is 15.2 Å². The summed E-state index contributed by atoms with van der Waals surface area (Å²) in [6, 6.07) is 4.86. The topological polar surface area (TPSA) is 78.1 Å². The first kappa shape index (κ1) is 25.4. The maximum Gasteiger partial charge on any atom is 0.254 e. The smallest absolute Gasteiger partial charge is 0.254 e. The van der Waals surface area contributed by atoms with Gasteiger partial charge in [-0.3, -0.25) is 9.59 Å². The average Bonchev–Trinajstić information content (AvgIpc) is 3.14. The fourth-order valence-electron chi connectivity index (χ4n) is 3.54. The number of nitrogens with one attached hydrogen (secondary N) is 2. The van der Waals surface area contributed by atoms with E-state index >= 15 is 0 Å². The van der Waals surface area contributed by atoms with Gasteiger partial charge in [-0.1, -0.05) is 26.5 Å². The van der Waals surface area contributed by atoms with E-state index in [-0.39, 0.29) is 23.8 Å². The van der Waals surface area contributed by atoms with Crippen LogP contribution in [0.3, 0.4) is 0 Å². The highest BCUT2D eigenvalue weighted by atomic mass is 35.5. The summed E-state index contributed by atoms with van der Waals surface area (Å²) in [5.74, 6) is 0.836. The van der Waals surface area contributed by atoms with E-state index in [4.69, 9.17) is 11.6 Å². The van der Waals surface area contributed by atoms with Crippen molar-refractivity contribution in [2.24, 2.45) is 5.92 Å². The molecule has 0 radical (unpaired) electrons. The summed E-state index contributed by atoms with van der Waals surface area (Å²) in [4.78, 5) is 35.4. The van der Waals surface area contributed by atoms with Crippen LogP contribution in [0, 0.1) is 12.8 Å². The van der Waals surface area contributed by atoms with Crippen molar-refractivity contribution in [3.8, 4) is 0 Å². The highest BCUT2D eigenvalue weighted by Crippen LogP contribution is 2.19. The van der Waals surface area contributed by atoms with Crippen molar-refractivity contribution in [2.45, 2.75) is 40.7 Å². The molecule has 0 saturated carbocycles. The molecule has 0 fully saturated rings. The van der Waals surface area contributed by atoms with Crippen LogP contribution >= 0.6 is 11.6 Å². The van der Waals surface area contributed by atoms with Crippen molar-refractivity contribution >= 4 is 35.6 Å². The monoisotopic (exact) mass is 456 g/mol. The lowest BCUT2D eigenvalue weighted by Crippen LogP contribution is -2.33. The zero-order valence-corrected chi connectivity index (χ0v) is 20.3. The SMILES string of the molecule is C=C/C=c1/[nH]c(C(NC(=O)c2ccc(C(=O)N(CC)CC)c(C)c2)C(C)C)n/c1=C/CCl. The largest absolute Gasteiger partial charge is 0.342 e. The Morgan fingerprint density at radius 2 is 1.97 bits per heavy atom. The van der Waals surface area contributed by atoms with Crippen molar-refractivity contribution in [1.29, 1.82) is 0 Å². The molecule has 0 saturated heterocycles. The first-order chi connectivity index (χ1) is 15.3. The third kappa shape index (κ3) is 5.88. The molecule has 0 aliphatic rings. The number of hydrogen-bond acceptors (Lipinski definition) is 3. The molecule has 1 aromatic heterocycles. The maximum atomic E-state index is 13.1. The summed E-state index contributed by atoms with van der Waals surface area (Å²) >= 11 is 5.87. The van der Waals surface area contributed by atoms with Gasteiger partial charge in [0.15, 0.2) is 0 Å². The van der Waals surface area contributed by atoms with Gasteiger partial charge in [-0.15, -0.1) is 11.6 Å². The number of alkyl halides is 1. The number of allylic oxidation sites excluding steroid dienone is 1. The van der Waals surface area contributed by atoms with E-state index in [1.165, 1.54) is 0 Å². The zero-order chi connectivity index (χ0) is 23.8. The Balaban J connectivity index is 2.33. The Hall–Kier alpha value is -2.86. The quantitative estimate of drug-likeness (QED) is 0.568. The lowest BCUT2D eigenvalue weighted by Gasteiger charge is -2.21. The van der Waals surface area contributed by atoms with Crippen molar-refractivity contribution in [2.75, 3.05) is 19.0 Å². The predicted molar refractivity (Wildman–Crippen MR) is 131 cm³/mol. The number of imidazole rings is 1. The first-order valence-corrected chi connectivity index (χ1v) is 11.5. The standard InChI is InChI=1S/C25H33ClN4O2/c1-7-10-20-21(13-14-26)28-23(27-20)22(16(4)5)29-24(31)18-11-12-19(17(6)15-18)25(32)30(8-2)9-3/h7,10-13,15-16,22H,1,8-9,14H2,2-6H3,(H,27,28)(H,29,31)/b20-10+,21-13+. The van der Waals surface area contributed by atoms with Crippen LogP contribution in [0.2, 0.25) is 0 Å². The van der Waals surface area contributed by atoms with Crippen LogP contribution in [0.15, 0.2) is 30.9 Å². The van der Waals surface area contributed by atoms with E-state index < -0.39 is 0 Å². The van der Waals surface area contributed by atoms with Crippen LogP contribution in [0.1, 0.15) is 65.8 Å². The Labute approximate surface area is 195 Å². The third-order valence-corrected chi connectivity index (χ3v) is 5.51. The second-order valence-corrected chi connectivity index (χ2v) is 8.19. The Bertz CT molecular complexity index is 1080. The molecule has 2 amide bonds. The number of nitrogens with zero attached hydrogens (tertiary/aromatic N) is 2. The number of hydrogen-bond donors (Lipinski definition) is 2. The molecule has 172 valence electrons. The molecule has 1 aromatic carbocycles. The van der Waals surface area contributed by atoms with E-state index in [9.17, 15) is 9.59 Å². The van der Waals surface area contributed by atoms with Crippen LogP contribution in [-0.4, -0.2) is 45.7 Å². The maximum absolute atomic E-state index is 13.1. The molecule has 1 atom stereocenters. The molecule has 7 heteroatoms. The molecule has 2 rings (SSSR count). The molecule has 1 unspecified atom stereocenters. The van der Waals surface area contributed by atoms with Gasteiger partial charge >= 0.3 is 0 Å². The normalized spacial score (nSPS) is 13.3. The number of aromatic amines is 1. The number of aromatic nitrogens is 2. The molecule has 6 nitrogen and oxygen atoms in total. The Kier molecular flexibility index (Phi) is 9.27. The van der Waals surface area contributed by atoms with E-state index in [2.05, 4.69) is 21.9 Å². The Morgan fingerprint density at radius 3 is 2.50 bits per heavy atom. The molecule has 1 heterocycles. The molecular weight excluding hydrogens is 424 g/mol. The van der Waals surface area contributed by atoms with Gasteiger partial charge in [-0.05, 0) is 62.6 Å². The summed E-state index contributed by atoms with van der Waals surface area (Å²) in [6.07, 6.45) is 5.31. The average molecular weight is 457 g/mol. The van der Waals surface area contributed by atoms with Gasteiger partial charge in [0.25, 0.3) is 11.8 Å². The van der Waals surface area contributed by atoms with Gasteiger partial charge in [0.1, 0.15) is 5.82 Å². The molecular formula is C25H33ClN4O2. The summed E-state index contributed by atoms with van der Waals surface area (Å²) in [5, 5.41) is 4.60. The van der Waals surface area contributed by atoms with Crippen molar-refractivity contribution in [3.05, 3.63) is 64.1 Å². The fraction of sp³-hybridized carbons (Fsp3) is 0.400. The van der Waals surface area contributed by atoms with Gasteiger partial charge in [-0.25, -0.2) is 4.98 Å². The van der Waals surface area contributed by atoms with Gasteiger partial charge in [-0.2, -0.15) is 0 Å². The van der Waals surface area contributed by atoms with E-state index in [1.807, 2.05) is 46.8 Å². The number of halogens is 1. The van der Waals surface area contributed by atoms with Crippen LogP contribution in [-0.2, 0) is 0 Å². The minimum atomic E-state index is -0.325. The van der Waals surface area contributed by atoms with Gasteiger partial charge in [0.05, 0.1) is 16.7 Å². The predicted octanol–water partition coefficient (Wildman–Crippen LogP) is 3.31. The summed E-state index contributed by atoms with van der Waals surface area (Å²) in [5.41, 5.74) is 1.89. The minimum absolute atomic E-state index is 0.0239. The van der Waals surface area contributed by atoms with Crippen LogP contribution in [0.4, 0.5) is 0 Å². The number of aryl methyl sites for hydroxylation is 1. The molecule has 32 heavy (non-hydrogen) atoms. The van der Waals surface area contributed by atoms with Crippen molar-refractivity contribution < 1.29 is 9.59 Å². The highest BCUT2D eigenvalue weighted by molar-refractivity contribution is 6.20. The molecule has 0 spiro atoms. The summed E-state index contributed by atoms with van der Waals surface area (Å²) in [6.45, 7) is 14.8. The third-order valence-electron chi connectivity index (χ3n) is 5.35. The molecule has 2 aromatic rings. The number of rotatable bonds is 9. The van der Waals surface area contributed by atoms with Gasteiger partial charge in [0, 0.05) is 30.1 Å². The van der Waals surface area contributed by atoms with Crippen molar-refractivity contribution in [3.63, 3.8) is 0 Å². The van der Waals surface area contributed by atoms with E-state index in [0.717, 1.165) is 16.3 Å². The number of carbonyl (C=O) groups excluding carboxylic acids is 2. The summed E-state index contributed by atoms with van der Waals surface area (Å²) < 4.78 is 0. The molecule has 2 N–H and O–H groups in total. The second-order valence-electron chi connectivity index (χ2n) is 7.88. The minimum Gasteiger partial charge on any atom is -0.342 e. The van der Waals surface area contributed by atoms with Crippen LogP contribution in [0.5, 0.6) is 0 Å². The van der Waals surface area contributed by atoms with Gasteiger partial charge in [0.2, 0.25) is 0 Å². The van der Waals surface area contributed by atoms with Crippen LogP contribution in [0.25, 0.3) is 12.2 Å². The summed E-state index contributed by atoms with van der Waals surface area (Å²) in [7, 11) is 0. The van der Waals surface area contributed by atoms with Crippen molar-refractivity contribution in [1.82, 2.24) is 20.2 Å². The lowest BCUT2D eigenvalue weighted by molar-refractivity contribution is 0.0771. The number of H-pyrrole nitrogens is 1. The van der Waals surface area contributed by atoms with E-state index in [1.54, 1.807) is 29.2 Å². The lowest BCUT2D eigenvalue weighted by atomic mass is 10.0. The molecule has 0 aliphatic heterocycles. The first-order valence-electron chi connectivity index (χ1n) is 10.9. The van der Waals surface area contributed by atoms with Crippen LogP contribution < -0.4 is 16.0 Å². The second kappa shape index (κ2) is 11.7. The number of benzene rings is 1. The molecule has 0 bridgehead atoms.